The second-order valence-corrected chi connectivity index (χ2v) is 8.48. The number of aliphatic carboxylic acids is 1. The maximum Gasteiger partial charge on any atom is 0.320 e. The van der Waals surface area contributed by atoms with Crippen LogP contribution in [-0.2, 0) is 33.4 Å². The van der Waals surface area contributed by atoms with Gasteiger partial charge in [0.1, 0.15) is 11.9 Å². The van der Waals surface area contributed by atoms with Gasteiger partial charge in [0.15, 0.2) is 6.10 Å². The molecule has 1 aliphatic rings. The van der Waals surface area contributed by atoms with Crippen LogP contribution in [0, 0.1) is 5.41 Å². The van der Waals surface area contributed by atoms with Crippen LogP contribution in [-0.4, -0.2) is 71.6 Å². The number of ether oxygens (including phenoxy) is 2. The third kappa shape index (κ3) is 8.71. The number of hydrogen-bond donors (Lipinski definition) is 3. The SMILES string of the molecule is CCC(=O)OCC(C)(C)[C@H]1OC(=O)C(CC(=O)O)SCCNC(=O)CCNC1=O. The van der Waals surface area contributed by atoms with Crippen molar-refractivity contribution in [2.45, 2.75) is 51.4 Å². The molecule has 10 nitrogen and oxygen atoms in total. The van der Waals surface area contributed by atoms with E-state index < -0.39 is 47.0 Å². The Bertz CT molecular complexity index is 637. The van der Waals surface area contributed by atoms with Gasteiger partial charge in [0, 0.05) is 37.1 Å². The Morgan fingerprint density at radius 3 is 2.55 bits per heavy atom. The Balaban J connectivity index is 3.07. The average Bonchev–Trinajstić information content (AvgIpc) is 2.65. The molecule has 1 rings (SSSR count). The Labute approximate surface area is 173 Å². The Kier molecular flexibility index (Phi) is 9.93. The van der Waals surface area contributed by atoms with Crippen molar-refractivity contribution < 1.29 is 38.6 Å². The third-order valence-electron chi connectivity index (χ3n) is 4.09. The number of cyclic esters (lactones) is 1. The number of rotatable bonds is 6. The molecule has 0 aromatic rings. The van der Waals surface area contributed by atoms with Crippen LogP contribution in [0.25, 0.3) is 0 Å². The number of nitrogens with one attached hydrogen (secondary N) is 2. The lowest BCUT2D eigenvalue weighted by molar-refractivity contribution is -0.169. The van der Waals surface area contributed by atoms with Crippen LogP contribution in [0.15, 0.2) is 0 Å². The molecule has 11 heteroatoms. The van der Waals surface area contributed by atoms with Crippen molar-refractivity contribution in [3.05, 3.63) is 0 Å². The highest BCUT2D eigenvalue weighted by molar-refractivity contribution is 8.00. The van der Waals surface area contributed by atoms with Gasteiger partial charge in [-0.05, 0) is 0 Å². The van der Waals surface area contributed by atoms with Crippen LogP contribution < -0.4 is 10.6 Å². The van der Waals surface area contributed by atoms with Gasteiger partial charge >= 0.3 is 17.9 Å². The van der Waals surface area contributed by atoms with Crippen molar-refractivity contribution in [3.63, 3.8) is 0 Å². The molecule has 0 radical (unpaired) electrons. The number of carboxylic acids is 1. The summed E-state index contributed by atoms with van der Waals surface area (Å²) < 4.78 is 10.5. The second kappa shape index (κ2) is 11.6. The van der Waals surface area contributed by atoms with Crippen LogP contribution in [0.2, 0.25) is 0 Å². The molecule has 1 aliphatic heterocycles. The highest BCUT2D eigenvalue weighted by atomic mass is 32.2. The van der Waals surface area contributed by atoms with Crippen molar-refractivity contribution >= 4 is 41.5 Å². The van der Waals surface area contributed by atoms with E-state index in [1.54, 1.807) is 20.8 Å². The van der Waals surface area contributed by atoms with Gasteiger partial charge in [0.05, 0.1) is 6.42 Å². The number of esters is 2. The quantitative estimate of drug-likeness (QED) is 0.497. The number of carbonyl (C=O) groups excluding carboxylic acids is 4. The molecule has 3 N–H and O–H groups in total. The molecule has 0 aliphatic carbocycles. The summed E-state index contributed by atoms with van der Waals surface area (Å²) in [6.45, 7) is 4.93. The van der Waals surface area contributed by atoms with Gasteiger partial charge < -0.3 is 25.2 Å². The molecule has 1 heterocycles. The molecule has 0 spiro atoms. The van der Waals surface area contributed by atoms with E-state index in [9.17, 15) is 24.0 Å². The number of carboxylic acid groups (broad SMARTS) is 1. The molecule has 0 aromatic heterocycles. The third-order valence-corrected chi connectivity index (χ3v) is 5.29. The number of hydrogen-bond acceptors (Lipinski definition) is 8. The van der Waals surface area contributed by atoms with Crippen LogP contribution in [0.3, 0.4) is 0 Å². The fourth-order valence-corrected chi connectivity index (χ4v) is 3.40. The molecule has 0 aromatic carbocycles. The monoisotopic (exact) mass is 432 g/mol. The predicted molar refractivity (Wildman–Crippen MR) is 104 cm³/mol. The Morgan fingerprint density at radius 1 is 1.24 bits per heavy atom. The molecule has 0 bridgehead atoms. The van der Waals surface area contributed by atoms with E-state index in [1.807, 2.05) is 0 Å². The topological polar surface area (TPSA) is 148 Å². The van der Waals surface area contributed by atoms with Crippen molar-refractivity contribution in [2.75, 3.05) is 25.4 Å². The van der Waals surface area contributed by atoms with Crippen LogP contribution in [0.1, 0.15) is 40.0 Å². The molecule has 29 heavy (non-hydrogen) atoms. The summed E-state index contributed by atoms with van der Waals surface area (Å²) in [5.41, 5.74) is -1.08. The molecule has 1 unspecified atom stereocenters. The zero-order chi connectivity index (χ0) is 22.0. The highest BCUT2D eigenvalue weighted by Crippen LogP contribution is 2.27. The summed E-state index contributed by atoms with van der Waals surface area (Å²) in [4.78, 5) is 59.7. The molecule has 2 amide bonds. The van der Waals surface area contributed by atoms with Gasteiger partial charge in [0.2, 0.25) is 5.91 Å². The zero-order valence-electron chi connectivity index (χ0n) is 16.8. The standard InChI is InChI=1S/C18H28N2O8S/c1-4-14(24)27-10-18(2,3)15-16(25)20-6-5-12(21)19-7-8-29-11(9-13(22)23)17(26)28-15/h11,15H,4-10H2,1-3H3,(H,19,21)(H,20,25)(H,22,23)/t11?,15-/m0/s1. The van der Waals surface area contributed by atoms with Gasteiger partial charge in [0.25, 0.3) is 5.91 Å². The van der Waals surface area contributed by atoms with Crippen molar-refractivity contribution in [2.24, 2.45) is 5.41 Å². The van der Waals surface area contributed by atoms with Crippen LogP contribution in [0.5, 0.6) is 0 Å². The predicted octanol–water partition coefficient (Wildman–Crippen LogP) is 0.0902. The summed E-state index contributed by atoms with van der Waals surface area (Å²) >= 11 is 1.03. The first-order valence-corrected chi connectivity index (χ1v) is 10.4. The van der Waals surface area contributed by atoms with Gasteiger partial charge in [-0.3, -0.25) is 24.0 Å². The average molecular weight is 432 g/mol. The summed E-state index contributed by atoms with van der Waals surface area (Å²) in [6, 6.07) is 0. The first-order chi connectivity index (χ1) is 13.6. The zero-order valence-corrected chi connectivity index (χ0v) is 17.6. The van der Waals surface area contributed by atoms with E-state index in [-0.39, 0.29) is 38.4 Å². The van der Waals surface area contributed by atoms with Gasteiger partial charge in [-0.1, -0.05) is 20.8 Å². The van der Waals surface area contributed by atoms with Crippen LogP contribution >= 0.6 is 11.8 Å². The van der Waals surface area contributed by atoms with E-state index >= 15 is 0 Å². The number of amides is 2. The maximum atomic E-state index is 12.7. The van der Waals surface area contributed by atoms with E-state index in [2.05, 4.69) is 10.6 Å². The fraction of sp³-hybridized carbons (Fsp3) is 0.722. The normalized spacial score (nSPS) is 22.1. The Morgan fingerprint density at radius 2 is 1.93 bits per heavy atom. The van der Waals surface area contributed by atoms with Crippen LogP contribution in [0.4, 0.5) is 0 Å². The molecule has 164 valence electrons. The lowest BCUT2D eigenvalue weighted by atomic mass is 9.86. The molecular weight excluding hydrogens is 404 g/mol. The second-order valence-electron chi connectivity index (χ2n) is 7.17. The van der Waals surface area contributed by atoms with E-state index in [0.717, 1.165) is 11.8 Å². The maximum absolute atomic E-state index is 12.7. The minimum Gasteiger partial charge on any atom is -0.481 e. The van der Waals surface area contributed by atoms with Crippen molar-refractivity contribution in [1.29, 1.82) is 0 Å². The molecule has 1 fully saturated rings. The lowest BCUT2D eigenvalue weighted by Crippen LogP contribution is -2.50. The smallest absolute Gasteiger partial charge is 0.320 e. The largest absolute Gasteiger partial charge is 0.481 e. The van der Waals surface area contributed by atoms with E-state index in [0.29, 0.717) is 5.75 Å². The van der Waals surface area contributed by atoms with Crippen molar-refractivity contribution in [3.8, 4) is 0 Å². The fourth-order valence-electron chi connectivity index (χ4n) is 2.45. The summed E-state index contributed by atoms with van der Waals surface area (Å²) in [7, 11) is 0. The lowest BCUT2D eigenvalue weighted by Gasteiger charge is -2.33. The molecule has 2 atom stereocenters. The first-order valence-electron chi connectivity index (χ1n) is 9.30. The van der Waals surface area contributed by atoms with Crippen molar-refractivity contribution in [1.82, 2.24) is 10.6 Å². The molecule has 0 saturated carbocycles. The van der Waals surface area contributed by atoms with Gasteiger partial charge in [-0.2, -0.15) is 0 Å². The van der Waals surface area contributed by atoms with Gasteiger partial charge in [-0.15, -0.1) is 11.8 Å². The van der Waals surface area contributed by atoms with Gasteiger partial charge in [-0.25, -0.2) is 0 Å². The highest BCUT2D eigenvalue weighted by Gasteiger charge is 2.41. The summed E-state index contributed by atoms with van der Waals surface area (Å²) in [5.74, 6) is -3.13. The molecule has 1 saturated heterocycles. The summed E-state index contributed by atoms with van der Waals surface area (Å²) in [5, 5.41) is 13.2. The first kappa shape index (κ1) is 24.7. The molecular formula is C18H28N2O8S. The summed E-state index contributed by atoms with van der Waals surface area (Å²) in [6.07, 6.45) is -1.63. The minimum atomic E-state index is -1.33. The minimum absolute atomic E-state index is 0.0369. The number of thioether (sulfide) groups is 1. The van der Waals surface area contributed by atoms with E-state index in [4.69, 9.17) is 14.6 Å². The Hall–Kier alpha value is -2.30. The van der Waals surface area contributed by atoms with E-state index in [1.165, 1.54) is 0 Å². The number of carbonyl (C=O) groups is 5.